The molecule has 6 rings (SSSR count). The third-order valence-corrected chi connectivity index (χ3v) is 7.23. The van der Waals surface area contributed by atoms with E-state index in [1.165, 1.54) is 22.3 Å². The summed E-state index contributed by atoms with van der Waals surface area (Å²) in [6.45, 7) is 9.22. The summed E-state index contributed by atoms with van der Waals surface area (Å²) in [5, 5.41) is 14.2. The van der Waals surface area contributed by atoms with Gasteiger partial charge in [0.1, 0.15) is 11.0 Å². The summed E-state index contributed by atoms with van der Waals surface area (Å²) in [5.41, 5.74) is 3.78. The van der Waals surface area contributed by atoms with Crippen LogP contribution < -0.4 is 20.7 Å². The van der Waals surface area contributed by atoms with Crippen LogP contribution in [0.5, 0.6) is 0 Å². The molecule has 208 valence electrons. The van der Waals surface area contributed by atoms with Crippen molar-refractivity contribution < 1.29 is 5.11 Å². The van der Waals surface area contributed by atoms with E-state index in [9.17, 15) is 9.90 Å². The zero-order valence-corrected chi connectivity index (χ0v) is 23.3. The van der Waals surface area contributed by atoms with Gasteiger partial charge in [-0.05, 0) is 62.4 Å². The maximum Gasteiger partial charge on any atom is 0.278 e. The van der Waals surface area contributed by atoms with Crippen LogP contribution in [0, 0.1) is 0 Å². The smallest absolute Gasteiger partial charge is 0.278 e. The van der Waals surface area contributed by atoms with E-state index in [1.54, 1.807) is 42.8 Å². The molecule has 0 bridgehead atoms. The predicted molar refractivity (Wildman–Crippen MR) is 163 cm³/mol. The van der Waals surface area contributed by atoms with E-state index in [0.29, 0.717) is 28.5 Å². The molecule has 0 saturated carbocycles. The van der Waals surface area contributed by atoms with Crippen LogP contribution in [-0.2, 0) is 12.1 Å². The van der Waals surface area contributed by atoms with Crippen molar-refractivity contribution in [1.29, 1.82) is 0 Å². The molecule has 0 saturated heterocycles. The predicted octanol–water partition coefficient (Wildman–Crippen LogP) is 4.72. The van der Waals surface area contributed by atoms with Crippen molar-refractivity contribution in [3.8, 4) is 5.82 Å². The first-order valence-electron chi connectivity index (χ1n) is 13.5. The summed E-state index contributed by atoms with van der Waals surface area (Å²) < 4.78 is 3.16. The van der Waals surface area contributed by atoms with Gasteiger partial charge in [0.05, 0.1) is 23.6 Å². The fraction of sp³-hybridized carbons (Fsp3) is 0.226. The Hall–Kier alpha value is -4.96. The fourth-order valence-electron chi connectivity index (χ4n) is 5.12. The average Bonchev–Trinajstić information content (AvgIpc) is 3.24. The lowest BCUT2D eigenvalue weighted by atomic mass is 10.1. The molecule has 41 heavy (non-hydrogen) atoms. The second-order valence-corrected chi connectivity index (χ2v) is 10.6. The molecule has 5 aromatic rings. The van der Waals surface area contributed by atoms with Gasteiger partial charge in [-0.1, -0.05) is 24.3 Å². The van der Waals surface area contributed by atoms with Gasteiger partial charge in [-0.2, -0.15) is 4.98 Å². The number of nitrogens with one attached hydrogen (secondary N) is 1. The minimum atomic E-state index is -1.15. The Morgan fingerprint density at radius 2 is 1.76 bits per heavy atom. The second kappa shape index (κ2) is 10.2. The Balaban J connectivity index is 1.34. The number of pyridine rings is 1. The Bertz CT molecular complexity index is 1800. The van der Waals surface area contributed by atoms with Gasteiger partial charge in [-0.15, -0.1) is 6.58 Å². The standard InChI is InChI=1S/C31H32N8O2/c1-5-17-38-29(40)23-20-32-30(35-28(23)39(38)27-12-8-11-26(34-27)31(2,3)41)33-21-13-15-22(16-14-21)37-19-18-36(4)24-9-6-7-10-25(24)37/h5-16,20,41H,1,17-19H2,2-4H3,(H,32,33,35). The molecule has 0 fully saturated rings. The van der Waals surface area contributed by atoms with Crippen LogP contribution in [0.4, 0.5) is 28.7 Å². The molecular weight excluding hydrogens is 516 g/mol. The van der Waals surface area contributed by atoms with Gasteiger partial charge in [-0.25, -0.2) is 19.3 Å². The molecular formula is C31H32N8O2. The van der Waals surface area contributed by atoms with E-state index in [0.717, 1.165) is 24.5 Å². The van der Waals surface area contributed by atoms with Crippen LogP contribution in [0.3, 0.4) is 0 Å². The Kier molecular flexibility index (Phi) is 6.55. The third-order valence-electron chi connectivity index (χ3n) is 7.23. The Morgan fingerprint density at radius 1 is 1.00 bits per heavy atom. The fourth-order valence-corrected chi connectivity index (χ4v) is 5.12. The summed E-state index contributed by atoms with van der Waals surface area (Å²) in [4.78, 5) is 31.6. The van der Waals surface area contributed by atoms with Gasteiger partial charge in [0.25, 0.3) is 5.56 Å². The van der Waals surface area contributed by atoms with Gasteiger partial charge in [0, 0.05) is 37.7 Å². The van der Waals surface area contributed by atoms with Gasteiger partial charge in [0.15, 0.2) is 11.5 Å². The Morgan fingerprint density at radius 3 is 2.49 bits per heavy atom. The summed E-state index contributed by atoms with van der Waals surface area (Å²) in [7, 11) is 2.12. The van der Waals surface area contributed by atoms with Crippen LogP contribution in [0.2, 0.25) is 0 Å². The van der Waals surface area contributed by atoms with Gasteiger partial charge >= 0.3 is 0 Å². The largest absolute Gasteiger partial charge is 0.384 e. The number of aliphatic hydroxyl groups is 1. The van der Waals surface area contributed by atoms with E-state index in [2.05, 4.69) is 75.1 Å². The van der Waals surface area contributed by atoms with Gasteiger partial charge in [0.2, 0.25) is 5.95 Å². The molecule has 0 atom stereocenters. The van der Waals surface area contributed by atoms with Crippen LogP contribution in [0.1, 0.15) is 19.5 Å². The summed E-state index contributed by atoms with van der Waals surface area (Å²) in [6, 6.07) is 21.9. The number of aromatic nitrogens is 5. The maximum absolute atomic E-state index is 13.3. The number of fused-ring (bicyclic) bond motifs is 2. The molecule has 0 unspecified atom stereocenters. The van der Waals surface area contributed by atoms with Crippen LogP contribution in [0.15, 0.2) is 90.4 Å². The van der Waals surface area contributed by atoms with E-state index in [4.69, 9.17) is 4.98 Å². The van der Waals surface area contributed by atoms with Crippen molar-refractivity contribution in [3.05, 3.63) is 102 Å². The Labute approximate surface area is 237 Å². The summed E-state index contributed by atoms with van der Waals surface area (Å²) in [5.74, 6) is 0.804. The van der Waals surface area contributed by atoms with Crippen molar-refractivity contribution in [1.82, 2.24) is 24.3 Å². The molecule has 0 aliphatic carbocycles. The maximum atomic E-state index is 13.3. The molecule has 0 spiro atoms. The number of rotatable bonds is 7. The van der Waals surface area contributed by atoms with E-state index in [-0.39, 0.29) is 12.1 Å². The number of allylic oxidation sites excluding steroid dienone is 1. The number of nitrogens with zero attached hydrogens (tertiary/aromatic N) is 7. The lowest BCUT2D eigenvalue weighted by molar-refractivity contribution is 0.0738. The number of hydrogen-bond donors (Lipinski definition) is 2. The molecule has 0 radical (unpaired) electrons. The van der Waals surface area contributed by atoms with Crippen LogP contribution in [-0.4, -0.2) is 49.6 Å². The normalized spacial score (nSPS) is 13.4. The van der Waals surface area contributed by atoms with Crippen molar-refractivity contribution in [3.63, 3.8) is 0 Å². The second-order valence-electron chi connectivity index (χ2n) is 10.6. The summed E-state index contributed by atoms with van der Waals surface area (Å²) in [6.07, 6.45) is 3.17. The highest BCUT2D eigenvalue weighted by Gasteiger charge is 2.23. The van der Waals surface area contributed by atoms with Crippen molar-refractivity contribution in [2.45, 2.75) is 26.0 Å². The zero-order valence-electron chi connectivity index (χ0n) is 23.3. The lowest BCUT2D eigenvalue weighted by Gasteiger charge is -2.37. The quantitative estimate of drug-likeness (QED) is 0.282. The molecule has 2 N–H and O–H groups in total. The highest BCUT2D eigenvalue weighted by Crippen LogP contribution is 2.37. The molecule has 1 aliphatic rings. The molecule has 10 nitrogen and oxygen atoms in total. The molecule has 2 aromatic carbocycles. The highest BCUT2D eigenvalue weighted by atomic mass is 16.3. The summed E-state index contributed by atoms with van der Waals surface area (Å²) >= 11 is 0. The van der Waals surface area contributed by atoms with Gasteiger partial charge in [-0.3, -0.25) is 4.79 Å². The SMILES string of the molecule is C=CCn1c(=O)c2cnc(Nc3ccc(N4CCN(C)c5ccccc54)cc3)nc2n1-c1cccc(C(C)(C)O)n1. The van der Waals surface area contributed by atoms with Crippen molar-refractivity contribution >= 4 is 39.7 Å². The van der Waals surface area contributed by atoms with Crippen molar-refractivity contribution in [2.24, 2.45) is 0 Å². The first-order valence-corrected chi connectivity index (χ1v) is 13.5. The lowest BCUT2D eigenvalue weighted by Crippen LogP contribution is -2.36. The first-order chi connectivity index (χ1) is 19.7. The van der Waals surface area contributed by atoms with Gasteiger partial charge < -0.3 is 20.2 Å². The number of benzene rings is 2. The van der Waals surface area contributed by atoms with E-state index < -0.39 is 5.60 Å². The number of para-hydroxylation sites is 2. The number of hydrogen-bond acceptors (Lipinski definition) is 8. The monoisotopic (exact) mass is 548 g/mol. The molecule has 0 amide bonds. The molecule has 10 heteroatoms. The first kappa shape index (κ1) is 26.3. The average molecular weight is 549 g/mol. The highest BCUT2D eigenvalue weighted by molar-refractivity contribution is 5.80. The van der Waals surface area contributed by atoms with E-state index in [1.807, 2.05) is 12.1 Å². The molecule has 1 aliphatic heterocycles. The minimum Gasteiger partial charge on any atom is -0.384 e. The zero-order chi connectivity index (χ0) is 28.7. The number of likely N-dealkylation sites (N-methyl/N-ethyl adjacent to an activating group) is 1. The molecule has 3 aromatic heterocycles. The van der Waals surface area contributed by atoms with Crippen molar-refractivity contribution in [2.75, 3.05) is 35.3 Å². The number of anilines is 5. The van der Waals surface area contributed by atoms with Crippen LogP contribution >= 0.6 is 0 Å². The van der Waals surface area contributed by atoms with E-state index >= 15 is 0 Å². The third kappa shape index (κ3) is 4.82. The minimum absolute atomic E-state index is 0.251. The molecule has 4 heterocycles. The topological polar surface area (TPSA) is 104 Å². The van der Waals surface area contributed by atoms with Crippen LogP contribution in [0.25, 0.3) is 16.9 Å².